The van der Waals surface area contributed by atoms with E-state index >= 15 is 0 Å². The third-order valence-corrected chi connectivity index (χ3v) is 3.51. The van der Waals surface area contributed by atoms with Gasteiger partial charge >= 0.3 is 5.97 Å². The molecule has 0 aliphatic rings. The number of carbonyl (C=O) groups is 5. The number of amides is 4. The molecular weight excluding hydrogens is 346 g/mol. The molecule has 0 radical (unpaired) electrons. The molecule has 0 heterocycles. The highest BCUT2D eigenvalue weighted by atomic mass is 16.4. The number of nitrogens with one attached hydrogen (secondary N) is 3. The molecular formula is C15H27N5O6. The molecule has 148 valence electrons. The van der Waals surface area contributed by atoms with Crippen LogP contribution in [0.4, 0.5) is 0 Å². The number of carbonyl (C=O) groups excluding carboxylic acids is 4. The number of nitrogens with two attached hydrogens (primary N) is 2. The molecule has 0 aromatic rings. The zero-order valence-corrected chi connectivity index (χ0v) is 15.1. The molecule has 0 spiro atoms. The topological polar surface area (TPSA) is 194 Å². The van der Waals surface area contributed by atoms with Crippen molar-refractivity contribution in [2.24, 2.45) is 17.4 Å². The van der Waals surface area contributed by atoms with Crippen LogP contribution in [-0.2, 0) is 24.0 Å². The molecule has 0 aromatic heterocycles. The van der Waals surface area contributed by atoms with Gasteiger partial charge < -0.3 is 32.5 Å². The van der Waals surface area contributed by atoms with Gasteiger partial charge in [0.1, 0.15) is 12.1 Å². The van der Waals surface area contributed by atoms with E-state index < -0.39 is 54.3 Å². The Morgan fingerprint density at radius 3 is 2.04 bits per heavy atom. The molecule has 0 aliphatic carbocycles. The molecule has 4 amide bonds. The molecule has 0 unspecified atom stereocenters. The Bertz CT molecular complexity index is 551. The molecule has 8 N–H and O–H groups in total. The second-order valence-electron chi connectivity index (χ2n) is 6.18. The van der Waals surface area contributed by atoms with Gasteiger partial charge in [0, 0.05) is 6.42 Å². The molecule has 0 rings (SSSR count). The van der Waals surface area contributed by atoms with Crippen LogP contribution in [0.5, 0.6) is 0 Å². The van der Waals surface area contributed by atoms with Crippen molar-refractivity contribution >= 4 is 29.6 Å². The molecule has 0 aromatic carbocycles. The first-order chi connectivity index (χ1) is 12.0. The standard InChI is InChI=1S/C15H27N5O6/c1-7(2)12(17)14(24)19-8(3)13(23)18-6-11(22)20-9(15(25)26)4-5-10(16)21/h7-9,12H,4-6,17H2,1-3H3,(H2,16,21)(H,18,23)(H,19,24)(H,20,22)(H,25,26)/t8-,9-,12-/m0/s1. The van der Waals surface area contributed by atoms with Crippen molar-refractivity contribution < 1.29 is 29.1 Å². The van der Waals surface area contributed by atoms with Crippen molar-refractivity contribution in [2.45, 2.75) is 51.7 Å². The lowest BCUT2D eigenvalue weighted by molar-refractivity contribution is -0.142. The Labute approximate surface area is 151 Å². The fourth-order valence-electron chi connectivity index (χ4n) is 1.79. The summed E-state index contributed by atoms with van der Waals surface area (Å²) in [5, 5.41) is 15.9. The highest BCUT2D eigenvalue weighted by molar-refractivity contribution is 5.92. The lowest BCUT2D eigenvalue weighted by atomic mass is 10.0. The van der Waals surface area contributed by atoms with Gasteiger partial charge in [-0.25, -0.2) is 4.79 Å². The maximum Gasteiger partial charge on any atom is 0.326 e. The summed E-state index contributed by atoms with van der Waals surface area (Å²) in [5.41, 5.74) is 10.6. The summed E-state index contributed by atoms with van der Waals surface area (Å²) in [5.74, 6) is -4.01. The van der Waals surface area contributed by atoms with Crippen LogP contribution in [-0.4, -0.2) is 59.4 Å². The molecule has 26 heavy (non-hydrogen) atoms. The highest BCUT2D eigenvalue weighted by Crippen LogP contribution is 1.99. The van der Waals surface area contributed by atoms with Gasteiger partial charge in [-0.15, -0.1) is 0 Å². The van der Waals surface area contributed by atoms with Gasteiger partial charge in [-0.2, -0.15) is 0 Å². The predicted molar refractivity (Wildman–Crippen MR) is 91.4 cm³/mol. The van der Waals surface area contributed by atoms with Gasteiger partial charge in [-0.05, 0) is 19.3 Å². The summed E-state index contributed by atoms with van der Waals surface area (Å²) >= 11 is 0. The van der Waals surface area contributed by atoms with E-state index in [1.54, 1.807) is 13.8 Å². The van der Waals surface area contributed by atoms with Crippen LogP contribution >= 0.6 is 0 Å². The largest absolute Gasteiger partial charge is 0.480 e. The Balaban J connectivity index is 4.42. The Morgan fingerprint density at radius 1 is 1.00 bits per heavy atom. The summed E-state index contributed by atoms with van der Waals surface area (Å²) in [6, 6.07) is -2.99. The van der Waals surface area contributed by atoms with E-state index in [-0.39, 0.29) is 18.8 Å². The molecule has 11 heteroatoms. The first kappa shape index (κ1) is 23.3. The Hall–Kier alpha value is -2.69. The van der Waals surface area contributed by atoms with E-state index in [2.05, 4.69) is 16.0 Å². The second-order valence-corrected chi connectivity index (χ2v) is 6.18. The van der Waals surface area contributed by atoms with E-state index in [1.165, 1.54) is 6.92 Å². The number of primary amides is 1. The minimum atomic E-state index is -1.32. The zero-order valence-electron chi connectivity index (χ0n) is 15.1. The average molecular weight is 373 g/mol. The number of carboxylic acid groups (broad SMARTS) is 1. The van der Waals surface area contributed by atoms with Crippen molar-refractivity contribution in [3.05, 3.63) is 0 Å². The molecule has 0 aliphatic heterocycles. The summed E-state index contributed by atoms with van der Waals surface area (Å²) in [6.45, 7) is 4.45. The average Bonchev–Trinajstić information content (AvgIpc) is 2.54. The highest BCUT2D eigenvalue weighted by Gasteiger charge is 2.23. The van der Waals surface area contributed by atoms with Crippen LogP contribution in [0.15, 0.2) is 0 Å². The van der Waals surface area contributed by atoms with Crippen LogP contribution in [0.1, 0.15) is 33.6 Å². The zero-order chi connectivity index (χ0) is 20.4. The van der Waals surface area contributed by atoms with Gasteiger partial charge in [0.15, 0.2) is 0 Å². The van der Waals surface area contributed by atoms with Crippen molar-refractivity contribution in [3.63, 3.8) is 0 Å². The molecule has 3 atom stereocenters. The predicted octanol–water partition coefficient (Wildman–Crippen LogP) is -2.57. The minimum Gasteiger partial charge on any atom is -0.480 e. The fourth-order valence-corrected chi connectivity index (χ4v) is 1.79. The molecule has 0 fully saturated rings. The van der Waals surface area contributed by atoms with Crippen molar-refractivity contribution in [1.29, 1.82) is 0 Å². The molecule has 0 saturated heterocycles. The minimum absolute atomic E-state index is 0.107. The lowest BCUT2D eigenvalue weighted by Gasteiger charge is -2.19. The van der Waals surface area contributed by atoms with Gasteiger partial charge in [0.05, 0.1) is 12.6 Å². The van der Waals surface area contributed by atoms with E-state index in [4.69, 9.17) is 16.6 Å². The third kappa shape index (κ3) is 8.97. The lowest BCUT2D eigenvalue weighted by Crippen LogP contribution is -2.53. The normalized spacial score (nSPS) is 14.0. The summed E-state index contributed by atoms with van der Waals surface area (Å²) in [6.07, 6.45) is -0.368. The first-order valence-corrected chi connectivity index (χ1v) is 8.09. The molecule has 0 saturated carbocycles. The van der Waals surface area contributed by atoms with Crippen molar-refractivity contribution in [3.8, 4) is 0 Å². The van der Waals surface area contributed by atoms with Gasteiger partial charge in [0.25, 0.3) is 0 Å². The van der Waals surface area contributed by atoms with Crippen LogP contribution in [0.2, 0.25) is 0 Å². The molecule has 11 nitrogen and oxygen atoms in total. The number of aliphatic carboxylic acids is 1. The summed E-state index contributed by atoms with van der Waals surface area (Å²) < 4.78 is 0. The second kappa shape index (κ2) is 11.0. The van der Waals surface area contributed by atoms with Crippen molar-refractivity contribution in [1.82, 2.24) is 16.0 Å². The maximum absolute atomic E-state index is 11.9. The van der Waals surface area contributed by atoms with E-state index in [9.17, 15) is 24.0 Å². The fraction of sp³-hybridized carbons (Fsp3) is 0.667. The number of hydrogen-bond acceptors (Lipinski definition) is 6. The maximum atomic E-state index is 11.9. The smallest absolute Gasteiger partial charge is 0.326 e. The van der Waals surface area contributed by atoms with Crippen molar-refractivity contribution in [2.75, 3.05) is 6.54 Å². The van der Waals surface area contributed by atoms with E-state index in [1.807, 2.05) is 0 Å². The quantitative estimate of drug-likeness (QED) is 0.229. The first-order valence-electron chi connectivity index (χ1n) is 8.09. The van der Waals surface area contributed by atoms with E-state index in [0.29, 0.717) is 0 Å². The Morgan fingerprint density at radius 2 is 1.58 bits per heavy atom. The van der Waals surface area contributed by atoms with Gasteiger partial charge in [-0.1, -0.05) is 13.8 Å². The van der Waals surface area contributed by atoms with Crippen LogP contribution in [0.3, 0.4) is 0 Å². The van der Waals surface area contributed by atoms with Gasteiger partial charge in [0.2, 0.25) is 23.6 Å². The SMILES string of the molecule is CC(C)[C@H](N)C(=O)N[C@@H](C)C(=O)NCC(=O)N[C@@H](CCC(N)=O)C(=O)O. The molecule has 0 bridgehead atoms. The van der Waals surface area contributed by atoms with Crippen LogP contribution in [0, 0.1) is 5.92 Å². The Kier molecular flexibility index (Phi) is 9.89. The number of carboxylic acids is 1. The number of hydrogen-bond donors (Lipinski definition) is 6. The number of rotatable bonds is 11. The summed E-state index contributed by atoms with van der Waals surface area (Å²) in [7, 11) is 0. The summed E-state index contributed by atoms with van der Waals surface area (Å²) in [4.78, 5) is 57.1. The van der Waals surface area contributed by atoms with Gasteiger partial charge in [-0.3, -0.25) is 19.2 Å². The van der Waals surface area contributed by atoms with E-state index in [0.717, 1.165) is 0 Å². The third-order valence-electron chi connectivity index (χ3n) is 3.51. The van der Waals surface area contributed by atoms with Crippen LogP contribution < -0.4 is 27.4 Å². The monoisotopic (exact) mass is 373 g/mol. The van der Waals surface area contributed by atoms with Crippen LogP contribution in [0.25, 0.3) is 0 Å².